The van der Waals surface area contributed by atoms with Gasteiger partial charge in [-0.3, -0.25) is 9.79 Å². The molecule has 6 nitrogen and oxygen atoms in total. The number of halogens is 1. The maximum absolute atomic E-state index is 12.2. The van der Waals surface area contributed by atoms with Gasteiger partial charge in [-0.1, -0.05) is 26.0 Å². The number of nitrogens with zero attached hydrogens (tertiary/aromatic N) is 2. The van der Waals surface area contributed by atoms with Crippen LogP contribution in [0.2, 0.25) is 0 Å². The lowest BCUT2D eigenvalue weighted by Crippen LogP contribution is -2.49. The van der Waals surface area contributed by atoms with Crippen LogP contribution in [0.5, 0.6) is 0 Å². The quantitative estimate of drug-likeness (QED) is 0.315. The fourth-order valence-electron chi connectivity index (χ4n) is 3.24. The third-order valence-corrected chi connectivity index (χ3v) is 4.73. The molecule has 1 aliphatic rings. The maximum atomic E-state index is 12.2. The van der Waals surface area contributed by atoms with Gasteiger partial charge >= 0.3 is 0 Å². The normalized spacial score (nSPS) is 15.7. The van der Waals surface area contributed by atoms with E-state index in [2.05, 4.69) is 45.8 Å². The average molecular weight is 487 g/mol. The molecule has 0 bridgehead atoms. The van der Waals surface area contributed by atoms with Gasteiger partial charge in [-0.05, 0) is 49.9 Å². The number of anilines is 1. The molecule has 1 fully saturated rings. The first-order valence-corrected chi connectivity index (χ1v) is 9.73. The number of amides is 1. The topological polar surface area (TPSA) is 68.8 Å². The fraction of sp³-hybridized carbons (Fsp3) is 0.600. The van der Waals surface area contributed by atoms with Gasteiger partial charge in [-0.15, -0.1) is 24.0 Å². The van der Waals surface area contributed by atoms with Gasteiger partial charge in [0.1, 0.15) is 0 Å². The summed E-state index contributed by atoms with van der Waals surface area (Å²) in [6, 6.07) is 8.36. The van der Waals surface area contributed by atoms with Crippen LogP contribution < -0.4 is 16.0 Å². The van der Waals surface area contributed by atoms with Crippen LogP contribution in [0.4, 0.5) is 5.69 Å². The zero-order valence-electron chi connectivity index (χ0n) is 16.8. The van der Waals surface area contributed by atoms with Crippen LogP contribution >= 0.6 is 24.0 Å². The van der Waals surface area contributed by atoms with Gasteiger partial charge in [0.2, 0.25) is 5.91 Å². The Bertz CT molecular complexity index is 600. The Morgan fingerprint density at radius 2 is 2.00 bits per heavy atom. The molecule has 27 heavy (non-hydrogen) atoms. The molecule has 0 atom stereocenters. The van der Waals surface area contributed by atoms with Gasteiger partial charge in [0.05, 0.1) is 6.54 Å². The summed E-state index contributed by atoms with van der Waals surface area (Å²) in [7, 11) is 1.74. The van der Waals surface area contributed by atoms with Gasteiger partial charge in [-0.25, -0.2) is 0 Å². The summed E-state index contributed by atoms with van der Waals surface area (Å²) in [5, 5.41) is 9.48. The Hall–Kier alpha value is -1.35. The van der Waals surface area contributed by atoms with Crippen molar-refractivity contribution in [3.8, 4) is 0 Å². The number of aliphatic imine (C=N–C) groups is 1. The van der Waals surface area contributed by atoms with E-state index in [0.717, 1.165) is 38.0 Å². The van der Waals surface area contributed by atoms with E-state index in [1.54, 1.807) is 7.05 Å². The molecule has 1 heterocycles. The summed E-state index contributed by atoms with van der Waals surface area (Å²) in [6.07, 6.45) is 4.38. The van der Waals surface area contributed by atoms with E-state index < -0.39 is 0 Å². The van der Waals surface area contributed by atoms with Crippen molar-refractivity contribution in [3.05, 3.63) is 29.8 Å². The van der Waals surface area contributed by atoms with Crippen LogP contribution in [0.3, 0.4) is 0 Å². The van der Waals surface area contributed by atoms with E-state index in [0.29, 0.717) is 12.0 Å². The summed E-state index contributed by atoms with van der Waals surface area (Å²) in [5.41, 5.74) is 2.05. The highest BCUT2D eigenvalue weighted by Crippen LogP contribution is 2.11. The minimum absolute atomic E-state index is 0. The number of hydrogen-bond acceptors (Lipinski definition) is 3. The molecule has 0 spiro atoms. The standard InChI is InChI=1S/C20H33N5O.HI/c1-4-11-25-12-9-17(10-13-25)24-20(21-3)22-15-19(26)23-18-8-6-7-16(5-2)14-18;/h6-8,14,17H,4-5,9-13,15H2,1-3H3,(H,23,26)(H2,21,22,24);1H. The molecule has 3 N–H and O–H groups in total. The van der Waals surface area contributed by atoms with E-state index in [9.17, 15) is 4.79 Å². The van der Waals surface area contributed by atoms with Crippen molar-refractivity contribution in [2.75, 3.05) is 38.5 Å². The number of carbonyl (C=O) groups is 1. The van der Waals surface area contributed by atoms with Crippen LogP contribution in [0.1, 0.15) is 38.7 Å². The molecule has 7 heteroatoms. The lowest BCUT2D eigenvalue weighted by Gasteiger charge is -2.32. The molecule has 0 unspecified atom stereocenters. The van der Waals surface area contributed by atoms with Gasteiger partial charge in [0.15, 0.2) is 5.96 Å². The zero-order chi connectivity index (χ0) is 18.8. The highest BCUT2D eigenvalue weighted by atomic mass is 127. The van der Waals surface area contributed by atoms with Crippen LogP contribution in [0, 0.1) is 0 Å². The molecular formula is C20H34IN5O. The molecule has 2 rings (SSSR count). The predicted octanol–water partition coefficient (Wildman–Crippen LogP) is 2.84. The van der Waals surface area contributed by atoms with Crippen molar-refractivity contribution in [2.24, 2.45) is 4.99 Å². The summed E-state index contributed by atoms with van der Waals surface area (Å²) >= 11 is 0. The second-order valence-electron chi connectivity index (χ2n) is 6.79. The number of carbonyl (C=O) groups excluding carboxylic acids is 1. The molecule has 0 radical (unpaired) electrons. The molecule has 1 amide bonds. The lowest BCUT2D eigenvalue weighted by atomic mass is 10.1. The Kier molecular flexibility index (Phi) is 11.3. The van der Waals surface area contributed by atoms with Crippen LogP contribution in [-0.4, -0.2) is 56.0 Å². The van der Waals surface area contributed by atoms with E-state index in [4.69, 9.17) is 0 Å². The monoisotopic (exact) mass is 487 g/mol. The SMILES string of the molecule is CCCN1CCC(NC(=NC)NCC(=O)Nc2cccc(CC)c2)CC1.I. The molecule has 1 aliphatic heterocycles. The number of piperidine rings is 1. The Labute approximate surface area is 180 Å². The molecular weight excluding hydrogens is 453 g/mol. The first-order chi connectivity index (χ1) is 12.6. The van der Waals surface area contributed by atoms with Gasteiger partial charge in [0.25, 0.3) is 0 Å². The number of rotatable bonds is 7. The summed E-state index contributed by atoms with van der Waals surface area (Å²) in [6.45, 7) is 7.95. The molecule has 1 aromatic carbocycles. The Morgan fingerprint density at radius 3 is 2.63 bits per heavy atom. The molecule has 152 valence electrons. The van der Waals surface area contributed by atoms with Crippen molar-refractivity contribution >= 4 is 41.5 Å². The average Bonchev–Trinajstić information content (AvgIpc) is 2.66. The molecule has 0 saturated carbocycles. The third-order valence-electron chi connectivity index (χ3n) is 4.73. The zero-order valence-corrected chi connectivity index (χ0v) is 19.1. The molecule has 1 saturated heterocycles. The van der Waals surface area contributed by atoms with Crippen molar-refractivity contribution < 1.29 is 4.79 Å². The summed E-state index contributed by atoms with van der Waals surface area (Å²) < 4.78 is 0. The number of hydrogen-bond donors (Lipinski definition) is 3. The third kappa shape index (κ3) is 8.47. The van der Waals surface area contributed by atoms with E-state index in [-0.39, 0.29) is 36.4 Å². The first kappa shape index (κ1) is 23.7. The smallest absolute Gasteiger partial charge is 0.243 e. The Morgan fingerprint density at radius 1 is 1.26 bits per heavy atom. The maximum Gasteiger partial charge on any atom is 0.243 e. The number of likely N-dealkylation sites (tertiary alicyclic amines) is 1. The molecule has 1 aromatic rings. The van der Waals surface area contributed by atoms with Gasteiger partial charge in [0, 0.05) is 31.9 Å². The minimum Gasteiger partial charge on any atom is -0.354 e. The summed E-state index contributed by atoms with van der Waals surface area (Å²) in [4.78, 5) is 18.9. The number of benzene rings is 1. The van der Waals surface area contributed by atoms with Gasteiger partial charge < -0.3 is 20.9 Å². The van der Waals surface area contributed by atoms with Crippen LogP contribution in [0.15, 0.2) is 29.3 Å². The number of nitrogens with one attached hydrogen (secondary N) is 3. The molecule has 0 aromatic heterocycles. The molecule has 0 aliphatic carbocycles. The highest BCUT2D eigenvalue weighted by molar-refractivity contribution is 14.0. The van der Waals surface area contributed by atoms with E-state index in [1.807, 2.05) is 18.2 Å². The van der Waals surface area contributed by atoms with Crippen molar-refractivity contribution in [2.45, 2.75) is 45.6 Å². The predicted molar refractivity (Wildman–Crippen MR) is 124 cm³/mol. The second-order valence-corrected chi connectivity index (χ2v) is 6.79. The fourth-order valence-corrected chi connectivity index (χ4v) is 3.24. The minimum atomic E-state index is -0.0704. The lowest BCUT2D eigenvalue weighted by molar-refractivity contribution is -0.115. The first-order valence-electron chi connectivity index (χ1n) is 9.73. The van der Waals surface area contributed by atoms with Crippen LogP contribution in [0.25, 0.3) is 0 Å². The number of aryl methyl sites for hydroxylation is 1. The highest BCUT2D eigenvalue weighted by Gasteiger charge is 2.19. The number of guanidine groups is 1. The van der Waals surface area contributed by atoms with Gasteiger partial charge in [-0.2, -0.15) is 0 Å². The van der Waals surface area contributed by atoms with E-state index >= 15 is 0 Å². The largest absolute Gasteiger partial charge is 0.354 e. The van der Waals surface area contributed by atoms with Crippen molar-refractivity contribution in [1.29, 1.82) is 0 Å². The van der Waals surface area contributed by atoms with Crippen molar-refractivity contribution in [3.63, 3.8) is 0 Å². The van der Waals surface area contributed by atoms with Crippen LogP contribution in [-0.2, 0) is 11.2 Å². The second kappa shape index (κ2) is 12.9. The summed E-state index contributed by atoms with van der Waals surface area (Å²) in [5.74, 6) is 0.621. The Balaban J connectivity index is 0.00000364. The van der Waals surface area contributed by atoms with E-state index in [1.165, 1.54) is 18.5 Å². The van der Waals surface area contributed by atoms with Crippen molar-refractivity contribution in [1.82, 2.24) is 15.5 Å².